The number of carbonyl (C=O) groups is 3. The molecule has 7 nitrogen and oxygen atoms in total. The van der Waals surface area contributed by atoms with Crippen LogP contribution in [0.2, 0.25) is 0 Å². The predicted molar refractivity (Wildman–Crippen MR) is 97.2 cm³/mol. The summed E-state index contributed by atoms with van der Waals surface area (Å²) in [5, 5.41) is 5.81. The van der Waals surface area contributed by atoms with E-state index in [1.165, 1.54) is 11.3 Å². The first-order valence-electron chi connectivity index (χ1n) is 7.42. The molecule has 0 saturated carbocycles. The van der Waals surface area contributed by atoms with Crippen LogP contribution in [0.15, 0.2) is 0 Å². The summed E-state index contributed by atoms with van der Waals surface area (Å²) in [7, 11) is 0. The van der Waals surface area contributed by atoms with Gasteiger partial charge in [0, 0.05) is 11.3 Å². The molecule has 1 aromatic rings. The van der Waals surface area contributed by atoms with Gasteiger partial charge in [0.2, 0.25) is 5.91 Å². The number of primary amides is 1. The number of rotatable bonds is 7. The van der Waals surface area contributed by atoms with Crippen LogP contribution in [0.4, 0.5) is 5.00 Å². The molecule has 0 radical (unpaired) electrons. The first kappa shape index (κ1) is 20.0. The molecule has 4 N–H and O–H groups in total. The predicted octanol–water partition coefficient (Wildman–Crippen LogP) is 2.01. The van der Waals surface area contributed by atoms with Gasteiger partial charge in [-0.15, -0.1) is 11.3 Å². The van der Waals surface area contributed by atoms with Crippen molar-refractivity contribution in [3.8, 4) is 0 Å². The summed E-state index contributed by atoms with van der Waals surface area (Å²) in [6.07, 6.45) is 0.682. The zero-order chi connectivity index (χ0) is 18.3. The molecule has 0 aliphatic rings. The van der Waals surface area contributed by atoms with Gasteiger partial charge in [-0.1, -0.05) is 6.92 Å². The van der Waals surface area contributed by atoms with E-state index < -0.39 is 17.8 Å². The van der Waals surface area contributed by atoms with Crippen molar-refractivity contribution < 1.29 is 19.1 Å². The summed E-state index contributed by atoms with van der Waals surface area (Å²) in [4.78, 5) is 35.6. The number of hydrogen-bond acceptors (Lipinski definition) is 6. The lowest BCUT2D eigenvalue weighted by atomic mass is 10.1. The number of thiocarbonyl (C=S) groups is 1. The van der Waals surface area contributed by atoms with E-state index in [1.807, 2.05) is 13.8 Å². The van der Waals surface area contributed by atoms with E-state index in [-0.39, 0.29) is 18.0 Å². The van der Waals surface area contributed by atoms with Crippen LogP contribution in [-0.4, -0.2) is 29.5 Å². The number of carbonyl (C=O) groups excluding carboxylic acids is 3. The molecule has 0 bridgehead atoms. The number of nitrogens with two attached hydrogens (primary N) is 1. The second kappa shape index (κ2) is 9.33. The normalized spacial score (nSPS) is 10.1. The first-order valence-corrected chi connectivity index (χ1v) is 8.65. The third-order valence-electron chi connectivity index (χ3n) is 3.14. The summed E-state index contributed by atoms with van der Waals surface area (Å²) in [5.41, 5.74) is 6.51. The van der Waals surface area contributed by atoms with Crippen LogP contribution in [0.5, 0.6) is 0 Å². The molecule has 2 amide bonds. The lowest BCUT2D eigenvalue weighted by Crippen LogP contribution is -2.34. The van der Waals surface area contributed by atoms with Gasteiger partial charge in [-0.3, -0.25) is 14.4 Å². The summed E-state index contributed by atoms with van der Waals surface area (Å²) in [6, 6.07) is 0. The maximum Gasteiger partial charge on any atom is 0.306 e. The number of nitrogens with one attached hydrogen (secondary N) is 2. The van der Waals surface area contributed by atoms with E-state index in [9.17, 15) is 14.4 Å². The molecule has 1 heterocycles. The summed E-state index contributed by atoms with van der Waals surface area (Å²) in [5.74, 6) is -1.40. The van der Waals surface area contributed by atoms with E-state index in [0.29, 0.717) is 17.2 Å². The van der Waals surface area contributed by atoms with Crippen molar-refractivity contribution in [1.29, 1.82) is 0 Å². The Morgan fingerprint density at radius 3 is 2.50 bits per heavy atom. The third kappa shape index (κ3) is 5.89. The fraction of sp³-hybridized carbons (Fsp3) is 0.467. The number of esters is 1. The van der Waals surface area contributed by atoms with Crippen LogP contribution in [0.1, 0.15) is 47.0 Å². The van der Waals surface area contributed by atoms with Crippen molar-refractivity contribution in [2.75, 3.05) is 11.9 Å². The SMILES string of the molecule is CCCOC(=O)CCC(=O)NC(=S)Nc1sc(C)c(C)c1C(N)=O. The molecule has 0 fully saturated rings. The molecule has 0 aromatic carbocycles. The minimum Gasteiger partial charge on any atom is -0.466 e. The number of ether oxygens (including phenoxy) is 1. The van der Waals surface area contributed by atoms with Crippen molar-refractivity contribution in [2.45, 2.75) is 40.0 Å². The molecule has 1 rings (SSSR count). The van der Waals surface area contributed by atoms with Crippen LogP contribution < -0.4 is 16.4 Å². The average molecular weight is 371 g/mol. The highest BCUT2D eigenvalue weighted by Gasteiger charge is 2.18. The lowest BCUT2D eigenvalue weighted by molar-refractivity contribution is -0.144. The maximum atomic E-state index is 11.8. The Hall–Kier alpha value is -2.00. The Bertz CT molecular complexity index is 655. The highest BCUT2D eigenvalue weighted by molar-refractivity contribution is 7.80. The highest BCUT2D eigenvalue weighted by atomic mass is 32.1. The molecule has 24 heavy (non-hydrogen) atoms. The molecule has 0 saturated heterocycles. The van der Waals surface area contributed by atoms with Crippen LogP contribution >= 0.6 is 23.6 Å². The Morgan fingerprint density at radius 1 is 1.25 bits per heavy atom. The second-order valence-electron chi connectivity index (χ2n) is 5.07. The standard InChI is InChI=1S/C15H21N3O4S2/c1-4-7-22-11(20)6-5-10(19)17-15(23)18-14-12(13(16)21)8(2)9(3)24-14/h4-7H2,1-3H3,(H2,16,21)(H2,17,18,19,23). The Morgan fingerprint density at radius 2 is 1.92 bits per heavy atom. The van der Waals surface area contributed by atoms with E-state index in [1.54, 1.807) is 6.92 Å². The molecular formula is C15H21N3O4S2. The van der Waals surface area contributed by atoms with Crippen molar-refractivity contribution in [3.05, 3.63) is 16.0 Å². The molecular weight excluding hydrogens is 350 g/mol. The highest BCUT2D eigenvalue weighted by Crippen LogP contribution is 2.31. The fourth-order valence-electron chi connectivity index (χ4n) is 1.84. The van der Waals surface area contributed by atoms with Crippen LogP contribution in [0, 0.1) is 13.8 Å². The monoisotopic (exact) mass is 371 g/mol. The fourth-order valence-corrected chi connectivity index (χ4v) is 3.19. The van der Waals surface area contributed by atoms with Gasteiger partial charge in [0.25, 0.3) is 5.91 Å². The lowest BCUT2D eigenvalue weighted by Gasteiger charge is -2.09. The quantitative estimate of drug-likeness (QED) is 0.499. The zero-order valence-corrected chi connectivity index (χ0v) is 15.5. The molecule has 0 spiro atoms. The molecule has 132 valence electrons. The molecule has 0 aliphatic heterocycles. The van der Waals surface area contributed by atoms with Gasteiger partial charge in [0.05, 0.1) is 18.6 Å². The van der Waals surface area contributed by atoms with E-state index in [4.69, 9.17) is 22.7 Å². The Kier molecular flexibility index (Phi) is 7.80. The molecule has 0 atom stereocenters. The van der Waals surface area contributed by atoms with Crippen molar-refractivity contribution in [2.24, 2.45) is 5.73 Å². The minimum absolute atomic E-state index is 0.0157. The summed E-state index contributed by atoms with van der Waals surface area (Å²) >= 11 is 6.38. The van der Waals surface area contributed by atoms with E-state index in [0.717, 1.165) is 16.9 Å². The summed E-state index contributed by atoms with van der Waals surface area (Å²) in [6.45, 7) is 5.88. The molecule has 0 unspecified atom stereocenters. The largest absolute Gasteiger partial charge is 0.466 e. The molecule has 0 aliphatic carbocycles. The maximum absolute atomic E-state index is 11.8. The van der Waals surface area contributed by atoms with Crippen LogP contribution in [-0.2, 0) is 14.3 Å². The third-order valence-corrected chi connectivity index (χ3v) is 4.46. The smallest absolute Gasteiger partial charge is 0.306 e. The molecule has 1 aromatic heterocycles. The Balaban J connectivity index is 2.55. The van der Waals surface area contributed by atoms with Gasteiger partial charge in [0.1, 0.15) is 5.00 Å². The second-order valence-corrected chi connectivity index (χ2v) is 6.71. The van der Waals surface area contributed by atoms with Gasteiger partial charge in [-0.25, -0.2) is 0 Å². The van der Waals surface area contributed by atoms with Crippen LogP contribution in [0.3, 0.4) is 0 Å². The van der Waals surface area contributed by atoms with Gasteiger partial charge < -0.3 is 21.1 Å². The van der Waals surface area contributed by atoms with Crippen molar-refractivity contribution >= 4 is 51.5 Å². The van der Waals surface area contributed by atoms with Gasteiger partial charge in [-0.2, -0.15) is 0 Å². The first-order chi connectivity index (χ1) is 11.3. The number of thiophene rings is 1. The number of aryl methyl sites for hydroxylation is 1. The minimum atomic E-state index is -0.563. The van der Waals surface area contributed by atoms with E-state index in [2.05, 4.69) is 10.6 Å². The molecule has 9 heteroatoms. The Labute approximate surface area is 149 Å². The summed E-state index contributed by atoms with van der Waals surface area (Å²) < 4.78 is 4.88. The van der Waals surface area contributed by atoms with Gasteiger partial charge in [-0.05, 0) is 38.0 Å². The number of hydrogen-bond donors (Lipinski definition) is 3. The number of anilines is 1. The van der Waals surface area contributed by atoms with Gasteiger partial charge in [0.15, 0.2) is 5.11 Å². The average Bonchev–Trinajstić information content (AvgIpc) is 2.77. The van der Waals surface area contributed by atoms with E-state index >= 15 is 0 Å². The van der Waals surface area contributed by atoms with Crippen LogP contribution in [0.25, 0.3) is 0 Å². The van der Waals surface area contributed by atoms with Crippen molar-refractivity contribution in [3.63, 3.8) is 0 Å². The van der Waals surface area contributed by atoms with Crippen molar-refractivity contribution in [1.82, 2.24) is 5.32 Å². The zero-order valence-electron chi connectivity index (χ0n) is 13.9. The van der Waals surface area contributed by atoms with Gasteiger partial charge >= 0.3 is 5.97 Å². The topological polar surface area (TPSA) is 111 Å². The number of amides is 2.